The van der Waals surface area contributed by atoms with Gasteiger partial charge in [-0.15, -0.1) is 0 Å². The fourth-order valence-corrected chi connectivity index (χ4v) is 1.83. The normalized spacial score (nSPS) is 10.5. The molecule has 2 amide bonds. The fraction of sp³-hybridized carbons (Fsp3) is 0.429. The van der Waals surface area contributed by atoms with Crippen LogP contribution in [0.2, 0.25) is 0 Å². The Morgan fingerprint density at radius 2 is 2.05 bits per heavy atom. The zero-order valence-corrected chi connectivity index (χ0v) is 12.0. The third kappa shape index (κ3) is 4.71. The summed E-state index contributed by atoms with van der Waals surface area (Å²) in [6.45, 7) is 3.84. The number of carboxylic acid groups (broad SMARTS) is 1. The van der Waals surface area contributed by atoms with Gasteiger partial charge in [0.1, 0.15) is 5.82 Å². The first kappa shape index (κ1) is 16.9. The van der Waals surface area contributed by atoms with Gasteiger partial charge in [0, 0.05) is 19.2 Å². The average Bonchev–Trinajstić information content (AvgIpc) is 2.38. The number of halogens is 1. The Bertz CT molecular complexity index is 520. The van der Waals surface area contributed by atoms with Gasteiger partial charge in [0.25, 0.3) is 0 Å². The summed E-state index contributed by atoms with van der Waals surface area (Å²) in [4.78, 5) is 24.7. The maximum atomic E-state index is 13.2. The van der Waals surface area contributed by atoms with Crippen LogP contribution in [0.4, 0.5) is 14.9 Å². The number of aliphatic hydroxyl groups excluding tert-OH is 1. The molecule has 0 aliphatic heterocycles. The Hall–Kier alpha value is -2.15. The summed E-state index contributed by atoms with van der Waals surface area (Å²) in [5.74, 6) is -1.89. The number of carbonyl (C=O) groups is 2. The van der Waals surface area contributed by atoms with E-state index in [4.69, 9.17) is 10.2 Å². The molecule has 3 N–H and O–H groups in total. The number of anilines is 1. The van der Waals surface area contributed by atoms with Gasteiger partial charge in [-0.3, -0.25) is 0 Å². The number of hydrogen-bond acceptors (Lipinski definition) is 3. The zero-order chi connectivity index (χ0) is 16.0. The van der Waals surface area contributed by atoms with E-state index in [2.05, 4.69) is 5.32 Å². The molecule has 21 heavy (non-hydrogen) atoms. The van der Waals surface area contributed by atoms with E-state index >= 15 is 0 Å². The lowest BCUT2D eigenvalue weighted by molar-refractivity contribution is 0.0698. The summed E-state index contributed by atoms with van der Waals surface area (Å²) >= 11 is 0. The third-order valence-corrected chi connectivity index (χ3v) is 2.89. The van der Waals surface area contributed by atoms with Crippen LogP contribution in [0.1, 0.15) is 30.6 Å². The first-order valence-electron chi connectivity index (χ1n) is 6.58. The van der Waals surface area contributed by atoms with Gasteiger partial charge in [-0.2, -0.15) is 0 Å². The van der Waals surface area contributed by atoms with Crippen molar-refractivity contribution in [3.8, 4) is 0 Å². The van der Waals surface area contributed by atoms with Gasteiger partial charge in [-0.05, 0) is 38.5 Å². The predicted molar refractivity (Wildman–Crippen MR) is 75.9 cm³/mol. The second-order valence-electron chi connectivity index (χ2n) is 4.79. The van der Waals surface area contributed by atoms with E-state index in [1.54, 1.807) is 13.8 Å². The van der Waals surface area contributed by atoms with Crippen LogP contribution in [0.25, 0.3) is 0 Å². The fourth-order valence-electron chi connectivity index (χ4n) is 1.83. The molecule has 1 rings (SSSR count). The van der Waals surface area contributed by atoms with Gasteiger partial charge in [-0.25, -0.2) is 14.0 Å². The summed E-state index contributed by atoms with van der Waals surface area (Å²) in [6.07, 6.45) is 0.403. The Labute approximate surface area is 122 Å². The second-order valence-corrected chi connectivity index (χ2v) is 4.79. The largest absolute Gasteiger partial charge is 0.478 e. The van der Waals surface area contributed by atoms with Crippen LogP contribution in [0, 0.1) is 5.82 Å². The first-order chi connectivity index (χ1) is 9.86. The topological polar surface area (TPSA) is 89.9 Å². The molecule has 0 radical (unpaired) electrons. The van der Waals surface area contributed by atoms with Gasteiger partial charge in [-0.1, -0.05) is 0 Å². The van der Waals surface area contributed by atoms with Crippen LogP contribution in [-0.4, -0.2) is 46.3 Å². The van der Waals surface area contributed by atoms with Crippen molar-refractivity contribution in [1.82, 2.24) is 4.90 Å². The van der Waals surface area contributed by atoms with Crippen molar-refractivity contribution >= 4 is 17.7 Å². The number of amides is 2. The maximum absolute atomic E-state index is 13.2. The molecular weight excluding hydrogens is 279 g/mol. The van der Waals surface area contributed by atoms with Crippen molar-refractivity contribution in [3.63, 3.8) is 0 Å². The third-order valence-electron chi connectivity index (χ3n) is 2.89. The van der Waals surface area contributed by atoms with E-state index in [-0.39, 0.29) is 23.9 Å². The standard InChI is InChI=1S/C14H19FN2O4/c1-9(2)17(6-3-7-18)14(21)16-12-8-10(15)4-5-11(12)13(19)20/h4-5,8-9,18H,3,6-7H2,1-2H3,(H,16,21)(H,19,20). The molecule has 0 spiro atoms. The molecule has 0 atom stereocenters. The van der Waals surface area contributed by atoms with Crippen LogP contribution in [-0.2, 0) is 0 Å². The molecule has 0 aliphatic carbocycles. The quantitative estimate of drug-likeness (QED) is 0.750. The molecular formula is C14H19FN2O4. The van der Waals surface area contributed by atoms with Crippen LogP contribution < -0.4 is 5.32 Å². The van der Waals surface area contributed by atoms with E-state index in [0.29, 0.717) is 13.0 Å². The smallest absolute Gasteiger partial charge is 0.337 e. The number of nitrogens with one attached hydrogen (secondary N) is 1. The highest BCUT2D eigenvalue weighted by Gasteiger charge is 2.19. The summed E-state index contributed by atoms with van der Waals surface area (Å²) in [6, 6.07) is 2.41. The van der Waals surface area contributed by atoms with E-state index < -0.39 is 17.8 Å². The minimum atomic E-state index is -1.25. The van der Waals surface area contributed by atoms with Crippen LogP contribution in [0.15, 0.2) is 18.2 Å². The molecule has 0 aliphatic rings. The lowest BCUT2D eigenvalue weighted by Crippen LogP contribution is -2.41. The van der Waals surface area contributed by atoms with Gasteiger partial charge in [0.15, 0.2) is 0 Å². The predicted octanol–water partition coefficient (Wildman–Crippen LogP) is 2.15. The molecule has 6 nitrogen and oxygen atoms in total. The number of hydrogen-bond donors (Lipinski definition) is 3. The van der Waals surface area contributed by atoms with Crippen LogP contribution >= 0.6 is 0 Å². The van der Waals surface area contributed by atoms with Crippen molar-refractivity contribution in [2.45, 2.75) is 26.3 Å². The molecule has 0 bridgehead atoms. The first-order valence-corrected chi connectivity index (χ1v) is 6.58. The lowest BCUT2D eigenvalue weighted by Gasteiger charge is -2.27. The lowest BCUT2D eigenvalue weighted by atomic mass is 10.1. The Morgan fingerprint density at radius 1 is 1.38 bits per heavy atom. The summed E-state index contributed by atoms with van der Waals surface area (Å²) in [7, 11) is 0. The molecule has 0 aromatic heterocycles. The summed E-state index contributed by atoms with van der Waals surface area (Å²) in [5, 5.41) is 20.3. The highest BCUT2D eigenvalue weighted by molar-refractivity contribution is 6.00. The molecule has 0 saturated heterocycles. The minimum absolute atomic E-state index is 0.0587. The molecule has 7 heteroatoms. The summed E-state index contributed by atoms with van der Waals surface area (Å²) < 4.78 is 13.2. The maximum Gasteiger partial charge on any atom is 0.337 e. The van der Waals surface area contributed by atoms with E-state index in [1.165, 1.54) is 4.90 Å². The van der Waals surface area contributed by atoms with Crippen molar-refractivity contribution < 1.29 is 24.2 Å². The van der Waals surface area contributed by atoms with Crippen molar-refractivity contribution in [1.29, 1.82) is 0 Å². The number of urea groups is 1. The zero-order valence-electron chi connectivity index (χ0n) is 12.0. The van der Waals surface area contributed by atoms with E-state index in [1.807, 2.05) is 0 Å². The summed E-state index contributed by atoms with van der Waals surface area (Å²) in [5.41, 5.74) is -0.280. The highest BCUT2D eigenvalue weighted by Crippen LogP contribution is 2.18. The Kier molecular flexibility index (Phi) is 6.10. The highest BCUT2D eigenvalue weighted by atomic mass is 19.1. The molecule has 0 unspecified atom stereocenters. The molecule has 1 aromatic rings. The van der Waals surface area contributed by atoms with Crippen molar-refractivity contribution in [2.75, 3.05) is 18.5 Å². The van der Waals surface area contributed by atoms with Gasteiger partial charge >= 0.3 is 12.0 Å². The number of rotatable bonds is 6. The Balaban J connectivity index is 2.95. The number of benzene rings is 1. The number of aliphatic hydroxyl groups is 1. The van der Waals surface area contributed by atoms with E-state index in [0.717, 1.165) is 18.2 Å². The van der Waals surface area contributed by atoms with Gasteiger partial charge in [0.2, 0.25) is 0 Å². The van der Waals surface area contributed by atoms with Crippen molar-refractivity contribution in [2.24, 2.45) is 0 Å². The minimum Gasteiger partial charge on any atom is -0.478 e. The molecule has 0 saturated carbocycles. The van der Waals surface area contributed by atoms with Gasteiger partial charge in [0.05, 0.1) is 11.3 Å². The molecule has 0 fully saturated rings. The number of aromatic carboxylic acids is 1. The molecule has 0 heterocycles. The monoisotopic (exact) mass is 298 g/mol. The molecule has 1 aromatic carbocycles. The average molecular weight is 298 g/mol. The second kappa shape index (κ2) is 7.58. The van der Waals surface area contributed by atoms with Crippen LogP contribution in [0.3, 0.4) is 0 Å². The van der Waals surface area contributed by atoms with Gasteiger partial charge < -0.3 is 20.4 Å². The number of carbonyl (C=O) groups excluding carboxylic acids is 1. The molecule has 116 valence electrons. The number of carboxylic acids is 1. The SMILES string of the molecule is CC(C)N(CCCO)C(=O)Nc1cc(F)ccc1C(=O)O. The Morgan fingerprint density at radius 3 is 2.57 bits per heavy atom. The van der Waals surface area contributed by atoms with Crippen molar-refractivity contribution in [3.05, 3.63) is 29.6 Å². The van der Waals surface area contributed by atoms with E-state index in [9.17, 15) is 14.0 Å². The van der Waals surface area contributed by atoms with Crippen LogP contribution in [0.5, 0.6) is 0 Å². The number of nitrogens with zero attached hydrogens (tertiary/aromatic N) is 1.